The third-order valence-corrected chi connectivity index (χ3v) is 7.78. The Bertz CT molecular complexity index is 1400. The second kappa shape index (κ2) is 10.2. The van der Waals surface area contributed by atoms with Crippen LogP contribution in [0.4, 0.5) is 11.4 Å². The first-order valence-corrected chi connectivity index (χ1v) is 13.2. The van der Waals surface area contributed by atoms with Crippen molar-refractivity contribution < 1.29 is 9.15 Å². The van der Waals surface area contributed by atoms with Crippen molar-refractivity contribution in [2.45, 2.75) is 19.0 Å². The van der Waals surface area contributed by atoms with Gasteiger partial charge in [-0.05, 0) is 79.3 Å². The van der Waals surface area contributed by atoms with Gasteiger partial charge in [-0.3, -0.25) is 4.98 Å². The van der Waals surface area contributed by atoms with E-state index in [1.807, 2.05) is 55.5 Å². The number of thiocarbonyl (C=S) groups is 1. The monoisotopic (exact) mass is 530 g/mol. The summed E-state index contributed by atoms with van der Waals surface area (Å²) in [7, 11) is 0. The van der Waals surface area contributed by atoms with Crippen LogP contribution in [0.3, 0.4) is 0 Å². The fourth-order valence-electron chi connectivity index (χ4n) is 5.10. The summed E-state index contributed by atoms with van der Waals surface area (Å²) >= 11 is 12.3. The molecule has 0 unspecified atom stereocenters. The largest absolute Gasteiger partial charge is 0.459 e. The molecule has 2 atom stereocenters. The molecule has 6 rings (SSSR count). The number of aromatic nitrogens is 1. The molecular weight excluding hydrogens is 504 g/mol. The van der Waals surface area contributed by atoms with E-state index >= 15 is 0 Å². The summed E-state index contributed by atoms with van der Waals surface area (Å²) in [4.78, 5) is 9.11. The second-order valence-electron chi connectivity index (χ2n) is 9.23. The maximum atomic E-state index is 6.51. The van der Waals surface area contributed by atoms with Gasteiger partial charge in [-0.2, -0.15) is 0 Å². The highest BCUT2D eigenvalue weighted by atomic mass is 35.5. The topological polar surface area (TPSA) is 53.8 Å². The van der Waals surface area contributed by atoms with E-state index in [2.05, 4.69) is 44.4 Å². The van der Waals surface area contributed by atoms with Gasteiger partial charge in [0.1, 0.15) is 17.6 Å². The molecule has 4 heterocycles. The zero-order valence-corrected chi connectivity index (χ0v) is 22.0. The summed E-state index contributed by atoms with van der Waals surface area (Å²) < 4.78 is 12.0. The molecule has 2 aromatic carbocycles. The number of hydrogen-bond acceptors (Lipinski definition) is 5. The molecule has 4 aromatic rings. The lowest BCUT2D eigenvalue weighted by atomic mass is 10.0. The van der Waals surface area contributed by atoms with Crippen LogP contribution in [-0.2, 0) is 4.74 Å². The molecule has 0 radical (unpaired) electrons. The van der Waals surface area contributed by atoms with Crippen LogP contribution in [0.5, 0.6) is 0 Å². The minimum Gasteiger partial charge on any atom is -0.459 e. The minimum atomic E-state index is -0.218. The van der Waals surface area contributed by atoms with Gasteiger partial charge >= 0.3 is 0 Å². The molecule has 0 saturated carbocycles. The van der Waals surface area contributed by atoms with E-state index in [4.69, 9.17) is 33.0 Å². The Morgan fingerprint density at radius 3 is 2.49 bits per heavy atom. The lowest BCUT2D eigenvalue weighted by Crippen LogP contribution is -2.36. The summed E-state index contributed by atoms with van der Waals surface area (Å²) in [6.07, 6.45) is 1.81. The fraction of sp³-hybridized carbons (Fsp3) is 0.241. The second-order valence-corrected chi connectivity index (χ2v) is 10.0. The van der Waals surface area contributed by atoms with Crippen LogP contribution < -0.4 is 15.1 Å². The first-order chi connectivity index (χ1) is 18.1. The molecule has 6 nitrogen and oxygen atoms in total. The van der Waals surface area contributed by atoms with Crippen molar-refractivity contribution in [2.24, 2.45) is 0 Å². The van der Waals surface area contributed by atoms with Crippen LogP contribution in [0.15, 0.2) is 83.4 Å². The zero-order valence-electron chi connectivity index (χ0n) is 20.4. The van der Waals surface area contributed by atoms with Gasteiger partial charge in [-0.25, -0.2) is 0 Å². The van der Waals surface area contributed by atoms with E-state index in [1.54, 1.807) is 6.20 Å². The molecule has 2 saturated heterocycles. The molecule has 2 fully saturated rings. The van der Waals surface area contributed by atoms with Crippen molar-refractivity contribution in [3.8, 4) is 11.3 Å². The Labute approximate surface area is 226 Å². The highest BCUT2D eigenvalue weighted by molar-refractivity contribution is 7.80. The average Bonchev–Trinajstić information content (AvgIpc) is 3.56. The zero-order chi connectivity index (χ0) is 25.4. The number of nitrogens with one attached hydrogen (secondary N) is 1. The number of nitrogens with zero attached hydrogens (tertiary/aromatic N) is 3. The summed E-state index contributed by atoms with van der Waals surface area (Å²) in [6.45, 7) is 5.30. The number of ether oxygens (including phenoxy) is 1. The standard InChI is InChI=1S/C29H27ClN4O2S/c1-19-22(5-4-6-23(19)30)25-12-13-26(36-25)28-27(24-7-2-3-14-31-24)32-29(37)34(28)21-10-8-20(9-11-21)33-15-17-35-18-16-33/h2-14,27-28H,15-18H2,1H3,(H,32,37)/t27-,28-/m0/s1. The van der Waals surface area contributed by atoms with E-state index in [0.29, 0.717) is 10.1 Å². The van der Waals surface area contributed by atoms with Crippen molar-refractivity contribution >= 4 is 40.3 Å². The van der Waals surface area contributed by atoms with Crippen LogP contribution in [0.2, 0.25) is 5.02 Å². The average molecular weight is 531 g/mol. The first kappa shape index (κ1) is 24.0. The van der Waals surface area contributed by atoms with Crippen molar-refractivity contribution in [1.82, 2.24) is 10.3 Å². The fourth-order valence-corrected chi connectivity index (χ4v) is 5.62. The number of pyridine rings is 1. The predicted octanol–water partition coefficient (Wildman–Crippen LogP) is 6.32. The van der Waals surface area contributed by atoms with E-state index in [0.717, 1.165) is 60.3 Å². The van der Waals surface area contributed by atoms with E-state index in [9.17, 15) is 0 Å². The maximum absolute atomic E-state index is 6.51. The first-order valence-electron chi connectivity index (χ1n) is 12.4. The summed E-state index contributed by atoms with van der Waals surface area (Å²) in [5, 5.41) is 4.85. The van der Waals surface area contributed by atoms with Crippen molar-refractivity contribution in [1.29, 1.82) is 0 Å². The molecule has 1 N–H and O–H groups in total. The number of furan rings is 1. The third kappa shape index (κ3) is 4.59. The van der Waals surface area contributed by atoms with Gasteiger partial charge in [0, 0.05) is 41.2 Å². The minimum absolute atomic E-state index is 0.174. The molecule has 2 aliphatic heterocycles. The smallest absolute Gasteiger partial charge is 0.174 e. The number of halogens is 1. The van der Waals surface area contributed by atoms with E-state index in [1.165, 1.54) is 5.69 Å². The lowest BCUT2D eigenvalue weighted by Gasteiger charge is -2.30. The Morgan fingerprint density at radius 1 is 0.946 bits per heavy atom. The van der Waals surface area contributed by atoms with Crippen molar-refractivity contribution in [3.05, 3.63) is 101 Å². The molecule has 2 aromatic heterocycles. The maximum Gasteiger partial charge on any atom is 0.174 e. The van der Waals surface area contributed by atoms with Crippen molar-refractivity contribution in [2.75, 3.05) is 36.1 Å². The van der Waals surface area contributed by atoms with Gasteiger partial charge in [0.2, 0.25) is 0 Å². The van der Waals surface area contributed by atoms with Crippen LogP contribution >= 0.6 is 23.8 Å². The third-order valence-electron chi connectivity index (χ3n) is 7.05. The van der Waals surface area contributed by atoms with Crippen LogP contribution in [0, 0.1) is 6.92 Å². The summed E-state index contributed by atoms with van der Waals surface area (Å²) in [5.74, 6) is 1.57. The van der Waals surface area contributed by atoms with Crippen LogP contribution in [-0.4, -0.2) is 36.4 Å². The summed E-state index contributed by atoms with van der Waals surface area (Å²) in [5.41, 5.74) is 5.04. The Morgan fingerprint density at radius 2 is 1.73 bits per heavy atom. The molecule has 0 spiro atoms. The quantitative estimate of drug-likeness (QED) is 0.303. The number of rotatable bonds is 5. The van der Waals surface area contributed by atoms with Crippen LogP contribution in [0.1, 0.15) is 29.1 Å². The molecule has 37 heavy (non-hydrogen) atoms. The molecular formula is C29H27ClN4O2S. The Hall–Kier alpha value is -3.39. The van der Waals surface area contributed by atoms with Gasteiger partial charge in [0.25, 0.3) is 0 Å². The van der Waals surface area contributed by atoms with Gasteiger partial charge in [-0.1, -0.05) is 29.8 Å². The number of hydrogen-bond donors (Lipinski definition) is 1. The SMILES string of the molecule is Cc1c(Cl)cccc1-c1ccc([C@H]2[C@H](c3ccccn3)NC(=S)N2c2ccc(N3CCOCC3)cc2)o1. The van der Waals surface area contributed by atoms with Gasteiger partial charge in [0.05, 0.1) is 24.9 Å². The number of benzene rings is 2. The highest BCUT2D eigenvalue weighted by Gasteiger charge is 2.42. The van der Waals surface area contributed by atoms with Crippen molar-refractivity contribution in [3.63, 3.8) is 0 Å². The molecule has 0 amide bonds. The Balaban J connectivity index is 1.38. The highest BCUT2D eigenvalue weighted by Crippen LogP contribution is 2.43. The molecule has 188 valence electrons. The van der Waals surface area contributed by atoms with Gasteiger partial charge in [-0.15, -0.1) is 0 Å². The van der Waals surface area contributed by atoms with Gasteiger partial charge < -0.3 is 24.3 Å². The number of anilines is 2. The summed E-state index contributed by atoms with van der Waals surface area (Å²) in [6, 6.07) is 24.0. The van der Waals surface area contributed by atoms with E-state index in [-0.39, 0.29) is 12.1 Å². The molecule has 0 aliphatic carbocycles. The Kier molecular flexibility index (Phi) is 6.59. The number of morpholine rings is 1. The predicted molar refractivity (Wildman–Crippen MR) is 151 cm³/mol. The normalized spacial score (nSPS) is 19.8. The van der Waals surface area contributed by atoms with E-state index < -0.39 is 0 Å². The van der Waals surface area contributed by atoms with Gasteiger partial charge in [0.15, 0.2) is 5.11 Å². The molecule has 8 heteroatoms. The van der Waals surface area contributed by atoms with Crippen LogP contribution in [0.25, 0.3) is 11.3 Å². The molecule has 2 aliphatic rings. The lowest BCUT2D eigenvalue weighted by molar-refractivity contribution is 0.122. The molecule has 0 bridgehead atoms.